The van der Waals surface area contributed by atoms with E-state index in [2.05, 4.69) is 62.9 Å². The van der Waals surface area contributed by atoms with Crippen LogP contribution >= 0.6 is 0 Å². The van der Waals surface area contributed by atoms with Crippen molar-refractivity contribution in [2.45, 2.75) is 53.2 Å². The summed E-state index contributed by atoms with van der Waals surface area (Å²) < 4.78 is 0. The highest BCUT2D eigenvalue weighted by Gasteiger charge is 2.09. The minimum absolute atomic E-state index is 0.473. The zero-order chi connectivity index (χ0) is 13.0. The molecule has 0 aliphatic rings. The van der Waals surface area contributed by atoms with Gasteiger partial charge in [0.1, 0.15) is 5.82 Å². The van der Waals surface area contributed by atoms with Gasteiger partial charge in [-0.1, -0.05) is 13.8 Å². The number of rotatable bonds is 5. The lowest BCUT2D eigenvalue weighted by atomic mass is 10.1. The first-order valence-electron chi connectivity index (χ1n) is 6.33. The van der Waals surface area contributed by atoms with Gasteiger partial charge < -0.3 is 10.2 Å². The largest absolute Gasteiger partial charge is 0.357 e. The molecule has 1 heterocycles. The molecule has 0 saturated carbocycles. The van der Waals surface area contributed by atoms with Crippen LogP contribution in [0, 0.1) is 6.92 Å². The van der Waals surface area contributed by atoms with E-state index in [9.17, 15) is 0 Å². The minimum atomic E-state index is 0.473. The molecule has 1 N–H and O–H groups in total. The van der Waals surface area contributed by atoms with Gasteiger partial charge in [-0.3, -0.25) is 0 Å². The van der Waals surface area contributed by atoms with E-state index in [1.54, 1.807) is 0 Å². The summed E-state index contributed by atoms with van der Waals surface area (Å²) in [5, 5.41) is 3.41. The van der Waals surface area contributed by atoms with Gasteiger partial charge in [-0.25, -0.2) is 4.98 Å². The summed E-state index contributed by atoms with van der Waals surface area (Å²) in [5.41, 5.74) is 2.49. The molecule has 3 heteroatoms. The van der Waals surface area contributed by atoms with Crippen molar-refractivity contribution in [3.63, 3.8) is 0 Å². The molecule has 1 aromatic heterocycles. The Bertz CT molecular complexity index is 358. The average molecular weight is 235 g/mol. The predicted molar refractivity (Wildman–Crippen MR) is 74.5 cm³/mol. The summed E-state index contributed by atoms with van der Waals surface area (Å²) in [6.45, 7) is 11.7. The normalized spacial score (nSPS) is 11.3. The van der Waals surface area contributed by atoms with Gasteiger partial charge in [0.15, 0.2) is 0 Å². The molecule has 0 spiro atoms. The summed E-state index contributed by atoms with van der Waals surface area (Å²) >= 11 is 0. The number of aromatic nitrogens is 1. The van der Waals surface area contributed by atoms with Gasteiger partial charge in [0.05, 0.1) is 0 Å². The van der Waals surface area contributed by atoms with Crippen LogP contribution in [0.15, 0.2) is 12.3 Å². The zero-order valence-corrected chi connectivity index (χ0v) is 11.9. The molecule has 0 unspecified atom stereocenters. The molecule has 0 bridgehead atoms. The van der Waals surface area contributed by atoms with Gasteiger partial charge in [-0.05, 0) is 38.0 Å². The van der Waals surface area contributed by atoms with Gasteiger partial charge in [0, 0.05) is 31.9 Å². The lowest BCUT2D eigenvalue weighted by Crippen LogP contribution is -2.27. The topological polar surface area (TPSA) is 28.2 Å². The van der Waals surface area contributed by atoms with Crippen LogP contribution in [-0.4, -0.2) is 24.1 Å². The second-order valence-corrected chi connectivity index (χ2v) is 5.22. The molecule has 0 radical (unpaired) electrons. The van der Waals surface area contributed by atoms with E-state index >= 15 is 0 Å². The molecule has 0 atom stereocenters. The van der Waals surface area contributed by atoms with E-state index in [0.717, 1.165) is 12.4 Å². The smallest absolute Gasteiger partial charge is 0.131 e. The molecule has 0 amide bonds. The van der Waals surface area contributed by atoms with Crippen molar-refractivity contribution in [3.8, 4) is 0 Å². The first-order chi connectivity index (χ1) is 7.91. The van der Waals surface area contributed by atoms with Crippen LogP contribution in [-0.2, 0) is 6.54 Å². The van der Waals surface area contributed by atoms with Crippen molar-refractivity contribution in [1.82, 2.24) is 10.3 Å². The molecule has 0 saturated heterocycles. The average Bonchev–Trinajstić information content (AvgIpc) is 2.25. The predicted octanol–water partition coefficient (Wildman–Crippen LogP) is 2.73. The van der Waals surface area contributed by atoms with Crippen LogP contribution in [0.2, 0.25) is 0 Å². The molecule has 0 aliphatic heterocycles. The Labute approximate surface area is 105 Å². The van der Waals surface area contributed by atoms with E-state index in [1.807, 2.05) is 6.20 Å². The molecule has 96 valence electrons. The number of nitrogens with one attached hydrogen (secondary N) is 1. The van der Waals surface area contributed by atoms with Gasteiger partial charge in [0.25, 0.3) is 0 Å². The van der Waals surface area contributed by atoms with Crippen LogP contribution in [0.1, 0.15) is 38.8 Å². The maximum atomic E-state index is 4.56. The summed E-state index contributed by atoms with van der Waals surface area (Å²) in [7, 11) is 2.09. The van der Waals surface area contributed by atoms with E-state index in [-0.39, 0.29) is 0 Å². The first-order valence-corrected chi connectivity index (χ1v) is 6.33. The molecule has 0 fully saturated rings. The van der Waals surface area contributed by atoms with E-state index < -0.39 is 0 Å². The minimum Gasteiger partial charge on any atom is -0.357 e. The third-order valence-electron chi connectivity index (χ3n) is 2.93. The lowest BCUT2D eigenvalue weighted by molar-refractivity contribution is 0.587. The number of anilines is 1. The summed E-state index contributed by atoms with van der Waals surface area (Å²) in [6, 6.07) is 3.20. The second kappa shape index (κ2) is 6.01. The van der Waals surface area contributed by atoms with Gasteiger partial charge in [-0.2, -0.15) is 0 Å². The Hall–Kier alpha value is -1.09. The number of nitrogens with zero attached hydrogens (tertiary/aromatic N) is 2. The lowest BCUT2D eigenvalue weighted by Gasteiger charge is -2.24. The zero-order valence-electron chi connectivity index (χ0n) is 11.9. The third kappa shape index (κ3) is 4.00. The number of hydrogen-bond donors (Lipinski definition) is 1. The van der Waals surface area contributed by atoms with Crippen LogP contribution in [0.4, 0.5) is 5.82 Å². The van der Waals surface area contributed by atoms with Gasteiger partial charge in [-0.15, -0.1) is 0 Å². The van der Waals surface area contributed by atoms with E-state index in [4.69, 9.17) is 0 Å². The molecule has 0 aliphatic carbocycles. The van der Waals surface area contributed by atoms with E-state index in [1.165, 1.54) is 11.1 Å². The fraction of sp³-hybridized carbons (Fsp3) is 0.643. The summed E-state index contributed by atoms with van der Waals surface area (Å²) in [5.74, 6) is 1.08. The highest BCUT2D eigenvalue weighted by molar-refractivity contribution is 5.47. The van der Waals surface area contributed by atoms with Crippen molar-refractivity contribution < 1.29 is 0 Å². The van der Waals surface area contributed by atoms with Crippen LogP contribution in [0.25, 0.3) is 0 Å². The highest BCUT2D eigenvalue weighted by Crippen LogP contribution is 2.18. The Morgan fingerprint density at radius 3 is 2.41 bits per heavy atom. The standard InChI is InChI=1S/C14H25N3/c1-10(2)15-8-13-7-12(5)14(16-9-13)17(6)11(3)4/h7,9-11,15H,8H2,1-6H3. The maximum absolute atomic E-state index is 4.56. The van der Waals surface area contributed by atoms with Gasteiger partial charge >= 0.3 is 0 Å². The van der Waals surface area contributed by atoms with Crippen molar-refractivity contribution in [2.24, 2.45) is 0 Å². The quantitative estimate of drug-likeness (QED) is 0.850. The second-order valence-electron chi connectivity index (χ2n) is 5.22. The van der Waals surface area contributed by atoms with Gasteiger partial charge in [0.2, 0.25) is 0 Å². The van der Waals surface area contributed by atoms with Crippen molar-refractivity contribution >= 4 is 5.82 Å². The SMILES string of the molecule is Cc1cc(CNC(C)C)cnc1N(C)C(C)C. The van der Waals surface area contributed by atoms with Crippen LogP contribution < -0.4 is 10.2 Å². The van der Waals surface area contributed by atoms with Crippen LogP contribution in [0.5, 0.6) is 0 Å². The fourth-order valence-corrected chi connectivity index (χ4v) is 1.66. The molecule has 1 aromatic rings. The Morgan fingerprint density at radius 1 is 1.29 bits per heavy atom. The Kier molecular flexibility index (Phi) is 4.94. The first kappa shape index (κ1) is 14.0. The Balaban J connectivity index is 2.79. The summed E-state index contributed by atoms with van der Waals surface area (Å²) in [6.07, 6.45) is 1.97. The van der Waals surface area contributed by atoms with Crippen molar-refractivity contribution in [2.75, 3.05) is 11.9 Å². The van der Waals surface area contributed by atoms with E-state index in [0.29, 0.717) is 12.1 Å². The number of hydrogen-bond acceptors (Lipinski definition) is 3. The molecular formula is C14H25N3. The molecule has 3 nitrogen and oxygen atoms in total. The number of aryl methyl sites for hydroxylation is 1. The fourth-order valence-electron chi connectivity index (χ4n) is 1.66. The molecule has 1 rings (SSSR count). The summed E-state index contributed by atoms with van der Waals surface area (Å²) in [4.78, 5) is 6.77. The number of pyridine rings is 1. The monoisotopic (exact) mass is 235 g/mol. The van der Waals surface area contributed by atoms with Crippen molar-refractivity contribution in [1.29, 1.82) is 0 Å². The maximum Gasteiger partial charge on any atom is 0.131 e. The molecule has 17 heavy (non-hydrogen) atoms. The Morgan fingerprint density at radius 2 is 1.94 bits per heavy atom. The van der Waals surface area contributed by atoms with Crippen molar-refractivity contribution in [3.05, 3.63) is 23.4 Å². The highest BCUT2D eigenvalue weighted by atomic mass is 15.2. The molecule has 0 aromatic carbocycles. The molecular weight excluding hydrogens is 210 g/mol. The van der Waals surface area contributed by atoms with Crippen LogP contribution in [0.3, 0.4) is 0 Å². The third-order valence-corrected chi connectivity index (χ3v) is 2.93.